The average Bonchev–Trinajstić information content (AvgIpc) is 2.70. The van der Waals surface area contributed by atoms with E-state index in [2.05, 4.69) is 29.0 Å². The lowest BCUT2D eigenvalue weighted by atomic mass is 10.2. The van der Waals surface area contributed by atoms with E-state index in [1.807, 2.05) is 12.1 Å². The zero-order chi connectivity index (χ0) is 11.4. The number of nitrogens with zero attached hydrogens (tertiary/aromatic N) is 1. The molecule has 0 spiro atoms. The summed E-state index contributed by atoms with van der Waals surface area (Å²) in [4.78, 5) is 4.26. The van der Waals surface area contributed by atoms with Crippen molar-refractivity contribution in [2.75, 3.05) is 11.1 Å². The molecule has 2 rings (SSSR count). The summed E-state index contributed by atoms with van der Waals surface area (Å²) in [6.45, 7) is 2.23. The second kappa shape index (κ2) is 5.78. The number of halogens is 1. The molecule has 0 aliphatic heterocycles. The maximum absolute atomic E-state index is 5.80. The van der Waals surface area contributed by atoms with E-state index in [0.717, 1.165) is 11.1 Å². The summed E-state index contributed by atoms with van der Waals surface area (Å²) in [5, 5.41) is 4.99. The van der Waals surface area contributed by atoms with Gasteiger partial charge in [-0.05, 0) is 37.1 Å². The number of hydrogen-bond acceptors (Lipinski definition) is 3. The minimum atomic E-state index is 0.581. The summed E-state index contributed by atoms with van der Waals surface area (Å²) in [7, 11) is 0. The van der Waals surface area contributed by atoms with Gasteiger partial charge in [-0.2, -0.15) is 11.8 Å². The van der Waals surface area contributed by atoms with E-state index in [-0.39, 0.29) is 0 Å². The Hall–Kier alpha value is -0.410. The van der Waals surface area contributed by atoms with Crippen LogP contribution in [0.4, 0.5) is 5.82 Å². The van der Waals surface area contributed by atoms with Crippen LogP contribution < -0.4 is 5.32 Å². The maximum atomic E-state index is 5.80. The van der Waals surface area contributed by atoms with Crippen molar-refractivity contribution in [3.63, 3.8) is 0 Å². The molecule has 88 valence electrons. The standard InChI is InChI=1S/C12H17ClN2S/c1-2-16-11-5-4-10(7-11)15-12-6-3-9(13)8-14-12/h3,6,8,10-11H,2,4-5,7H2,1H3,(H,14,15). The number of aromatic nitrogens is 1. The van der Waals surface area contributed by atoms with Gasteiger partial charge in [0.05, 0.1) is 5.02 Å². The lowest BCUT2D eigenvalue weighted by molar-refractivity contribution is 0.752. The summed E-state index contributed by atoms with van der Waals surface area (Å²) in [5.41, 5.74) is 0. The van der Waals surface area contributed by atoms with Crippen LogP contribution in [0.15, 0.2) is 18.3 Å². The monoisotopic (exact) mass is 256 g/mol. The molecule has 2 unspecified atom stereocenters. The van der Waals surface area contributed by atoms with Crippen LogP contribution in [0.25, 0.3) is 0 Å². The summed E-state index contributed by atoms with van der Waals surface area (Å²) in [5.74, 6) is 2.16. The molecule has 1 aromatic heterocycles. The molecule has 1 heterocycles. The highest BCUT2D eigenvalue weighted by atomic mass is 35.5. The van der Waals surface area contributed by atoms with Gasteiger partial charge in [0.2, 0.25) is 0 Å². The van der Waals surface area contributed by atoms with E-state index in [9.17, 15) is 0 Å². The van der Waals surface area contributed by atoms with Gasteiger partial charge in [-0.3, -0.25) is 0 Å². The van der Waals surface area contributed by atoms with Crippen LogP contribution in [-0.4, -0.2) is 22.0 Å². The van der Waals surface area contributed by atoms with Crippen molar-refractivity contribution in [1.29, 1.82) is 0 Å². The van der Waals surface area contributed by atoms with Crippen molar-refractivity contribution in [2.24, 2.45) is 0 Å². The summed E-state index contributed by atoms with van der Waals surface area (Å²) >= 11 is 7.87. The van der Waals surface area contributed by atoms with E-state index in [1.165, 1.54) is 25.0 Å². The van der Waals surface area contributed by atoms with E-state index >= 15 is 0 Å². The van der Waals surface area contributed by atoms with Crippen molar-refractivity contribution in [2.45, 2.75) is 37.5 Å². The molecule has 4 heteroatoms. The molecule has 2 nitrogen and oxygen atoms in total. The molecule has 1 aliphatic rings. The predicted molar refractivity (Wildman–Crippen MR) is 72.4 cm³/mol. The van der Waals surface area contributed by atoms with Crippen LogP contribution in [0.5, 0.6) is 0 Å². The van der Waals surface area contributed by atoms with E-state index in [0.29, 0.717) is 11.1 Å². The molecule has 0 aromatic carbocycles. The Bertz CT molecular complexity index is 328. The maximum Gasteiger partial charge on any atom is 0.126 e. The zero-order valence-electron chi connectivity index (χ0n) is 9.45. The van der Waals surface area contributed by atoms with Gasteiger partial charge in [-0.15, -0.1) is 0 Å². The first-order valence-electron chi connectivity index (χ1n) is 5.77. The van der Waals surface area contributed by atoms with Crippen LogP contribution in [0.3, 0.4) is 0 Å². The number of hydrogen-bond donors (Lipinski definition) is 1. The first kappa shape index (κ1) is 12.1. The highest BCUT2D eigenvalue weighted by molar-refractivity contribution is 7.99. The van der Waals surface area contributed by atoms with Gasteiger partial charge >= 0.3 is 0 Å². The van der Waals surface area contributed by atoms with Crippen molar-refractivity contribution in [3.05, 3.63) is 23.4 Å². The molecule has 0 saturated heterocycles. The minimum absolute atomic E-state index is 0.581. The van der Waals surface area contributed by atoms with Gasteiger partial charge in [0.15, 0.2) is 0 Å². The van der Waals surface area contributed by atoms with Gasteiger partial charge < -0.3 is 5.32 Å². The Labute approximate surface area is 106 Å². The fourth-order valence-corrected chi connectivity index (χ4v) is 3.38. The molecule has 1 aliphatic carbocycles. The van der Waals surface area contributed by atoms with Crippen LogP contribution in [0.1, 0.15) is 26.2 Å². The molecular formula is C12H17ClN2S. The number of pyridine rings is 1. The Morgan fingerprint density at radius 3 is 3.06 bits per heavy atom. The van der Waals surface area contributed by atoms with Crippen LogP contribution in [0.2, 0.25) is 5.02 Å². The lowest BCUT2D eigenvalue weighted by Crippen LogP contribution is -2.16. The number of thioether (sulfide) groups is 1. The van der Waals surface area contributed by atoms with E-state index in [4.69, 9.17) is 11.6 Å². The van der Waals surface area contributed by atoms with Crippen LogP contribution in [0, 0.1) is 0 Å². The third-order valence-electron chi connectivity index (χ3n) is 2.87. The second-order valence-corrected chi connectivity index (χ2v) is 6.11. The van der Waals surface area contributed by atoms with Crippen molar-refractivity contribution < 1.29 is 0 Å². The largest absolute Gasteiger partial charge is 0.367 e. The summed E-state index contributed by atoms with van der Waals surface area (Å²) in [6, 6.07) is 4.41. The SMILES string of the molecule is CCSC1CCC(Nc2ccc(Cl)cn2)C1. The van der Waals surface area contributed by atoms with E-state index in [1.54, 1.807) is 6.20 Å². The van der Waals surface area contributed by atoms with Gasteiger partial charge in [-0.1, -0.05) is 18.5 Å². The second-order valence-electron chi connectivity index (χ2n) is 4.09. The first-order valence-corrected chi connectivity index (χ1v) is 7.20. The van der Waals surface area contributed by atoms with Crippen molar-refractivity contribution in [3.8, 4) is 0 Å². The smallest absolute Gasteiger partial charge is 0.126 e. The first-order chi connectivity index (χ1) is 7.78. The number of nitrogens with one attached hydrogen (secondary N) is 1. The topological polar surface area (TPSA) is 24.9 Å². The number of anilines is 1. The third kappa shape index (κ3) is 3.29. The quantitative estimate of drug-likeness (QED) is 0.887. The zero-order valence-corrected chi connectivity index (χ0v) is 11.0. The van der Waals surface area contributed by atoms with E-state index < -0.39 is 0 Å². The summed E-state index contributed by atoms with van der Waals surface area (Å²) < 4.78 is 0. The predicted octanol–water partition coefficient (Wildman–Crippen LogP) is 3.82. The Balaban J connectivity index is 1.84. The highest BCUT2D eigenvalue weighted by Crippen LogP contribution is 2.31. The molecule has 1 saturated carbocycles. The molecular weight excluding hydrogens is 240 g/mol. The molecule has 0 bridgehead atoms. The van der Waals surface area contributed by atoms with Crippen molar-refractivity contribution >= 4 is 29.2 Å². The Morgan fingerprint density at radius 2 is 2.38 bits per heavy atom. The molecule has 1 N–H and O–H groups in total. The average molecular weight is 257 g/mol. The molecule has 0 radical (unpaired) electrons. The van der Waals surface area contributed by atoms with Gasteiger partial charge in [0, 0.05) is 17.5 Å². The molecule has 1 fully saturated rings. The van der Waals surface area contributed by atoms with Crippen LogP contribution in [-0.2, 0) is 0 Å². The van der Waals surface area contributed by atoms with Crippen LogP contribution >= 0.6 is 23.4 Å². The molecule has 1 aromatic rings. The molecule has 16 heavy (non-hydrogen) atoms. The van der Waals surface area contributed by atoms with Crippen molar-refractivity contribution in [1.82, 2.24) is 4.98 Å². The fourth-order valence-electron chi connectivity index (χ4n) is 2.13. The highest BCUT2D eigenvalue weighted by Gasteiger charge is 2.24. The van der Waals surface area contributed by atoms with Gasteiger partial charge in [-0.25, -0.2) is 4.98 Å². The molecule has 2 atom stereocenters. The minimum Gasteiger partial charge on any atom is -0.367 e. The fraction of sp³-hybridized carbons (Fsp3) is 0.583. The number of rotatable bonds is 4. The summed E-state index contributed by atoms with van der Waals surface area (Å²) in [6.07, 6.45) is 5.52. The normalized spacial score (nSPS) is 24.6. The molecule has 0 amide bonds. The Morgan fingerprint density at radius 1 is 1.50 bits per heavy atom. The lowest BCUT2D eigenvalue weighted by Gasteiger charge is -2.13. The van der Waals surface area contributed by atoms with Gasteiger partial charge in [0.25, 0.3) is 0 Å². The third-order valence-corrected chi connectivity index (χ3v) is 4.32. The Kier molecular flexibility index (Phi) is 4.36. The van der Waals surface area contributed by atoms with Gasteiger partial charge in [0.1, 0.15) is 5.82 Å².